The van der Waals surface area contributed by atoms with Gasteiger partial charge in [0, 0.05) is 29.1 Å². The van der Waals surface area contributed by atoms with Gasteiger partial charge in [-0.3, -0.25) is 30.1 Å². The van der Waals surface area contributed by atoms with E-state index >= 15 is 0 Å². The first-order valence-corrected chi connectivity index (χ1v) is 9.12. The van der Waals surface area contributed by atoms with E-state index in [1.54, 1.807) is 24.3 Å². The molecule has 1 aromatic heterocycles. The number of rotatable bonds is 4. The van der Waals surface area contributed by atoms with Crippen LogP contribution in [0, 0.1) is 17.0 Å². The van der Waals surface area contributed by atoms with Crippen LogP contribution in [0.1, 0.15) is 38.3 Å². The molecule has 150 valence electrons. The molecule has 3 aromatic rings. The molecule has 0 radical (unpaired) electrons. The number of hydrazine groups is 1. The number of fused-ring (bicyclic) bond motifs is 1. The third kappa shape index (κ3) is 3.55. The van der Waals surface area contributed by atoms with Crippen LogP contribution in [0.5, 0.6) is 0 Å². The molecule has 2 N–H and O–H groups in total. The van der Waals surface area contributed by atoms with E-state index in [9.17, 15) is 19.7 Å². The molecule has 1 aliphatic rings. The fraction of sp³-hybridized carbons (Fsp3) is 0.0952. The van der Waals surface area contributed by atoms with E-state index in [0.29, 0.717) is 16.9 Å². The van der Waals surface area contributed by atoms with E-state index < -0.39 is 22.9 Å². The molecular formula is C21H17N5O4. The molecule has 0 saturated heterocycles. The lowest BCUT2D eigenvalue weighted by molar-refractivity contribution is -0.384. The van der Waals surface area contributed by atoms with Gasteiger partial charge >= 0.3 is 0 Å². The normalized spacial score (nSPS) is 15.2. The maximum Gasteiger partial charge on any atom is 0.276 e. The summed E-state index contributed by atoms with van der Waals surface area (Å²) in [5.41, 5.74) is 5.04. The predicted octanol–water partition coefficient (Wildman–Crippen LogP) is 3.21. The summed E-state index contributed by atoms with van der Waals surface area (Å²) < 4.78 is 0. The van der Waals surface area contributed by atoms with Crippen molar-refractivity contribution in [3.63, 3.8) is 0 Å². The minimum Gasteiger partial charge on any atom is -0.358 e. The lowest BCUT2D eigenvalue weighted by atomic mass is 10.1. The van der Waals surface area contributed by atoms with Crippen LogP contribution in [-0.2, 0) is 0 Å². The van der Waals surface area contributed by atoms with Gasteiger partial charge in [-0.2, -0.15) is 0 Å². The Balaban J connectivity index is 1.68. The molecule has 9 heteroatoms. The number of non-ortho nitro benzene ring substituents is 1. The molecule has 2 heterocycles. The van der Waals surface area contributed by atoms with Gasteiger partial charge in [0.05, 0.1) is 16.2 Å². The average Bonchev–Trinajstić information content (AvgIpc) is 2.75. The quantitative estimate of drug-likeness (QED) is 0.510. The number of nitrogens with one attached hydrogen (secondary N) is 2. The summed E-state index contributed by atoms with van der Waals surface area (Å²) in [5, 5.41) is 15.3. The molecule has 0 spiro atoms. The maximum absolute atomic E-state index is 13.1. The molecule has 1 aliphatic heterocycles. The van der Waals surface area contributed by atoms with Crippen LogP contribution in [0.3, 0.4) is 0 Å². The van der Waals surface area contributed by atoms with Crippen LogP contribution >= 0.6 is 0 Å². The van der Waals surface area contributed by atoms with Crippen LogP contribution in [0.2, 0.25) is 0 Å². The zero-order valence-corrected chi connectivity index (χ0v) is 15.9. The minimum atomic E-state index is -0.728. The molecule has 4 rings (SSSR count). The van der Waals surface area contributed by atoms with Gasteiger partial charge in [0.1, 0.15) is 0 Å². The molecule has 30 heavy (non-hydrogen) atoms. The molecule has 0 bridgehead atoms. The van der Waals surface area contributed by atoms with Gasteiger partial charge in [0.2, 0.25) is 0 Å². The predicted molar refractivity (Wildman–Crippen MR) is 109 cm³/mol. The number of nitro groups is 1. The highest BCUT2D eigenvalue weighted by atomic mass is 16.6. The van der Waals surface area contributed by atoms with Crippen molar-refractivity contribution in [3.05, 3.63) is 99.4 Å². The van der Waals surface area contributed by atoms with E-state index in [1.807, 2.05) is 25.1 Å². The van der Waals surface area contributed by atoms with Gasteiger partial charge in [0.25, 0.3) is 17.5 Å². The number of aromatic nitrogens is 1. The summed E-state index contributed by atoms with van der Waals surface area (Å²) in [6.45, 7) is 1.84. The molecule has 0 aliphatic carbocycles. The first kappa shape index (κ1) is 19.1. The molecule has 2 amide bonds. The molecule has 0 fully saturated rings. The van der Waals surface area contributed by atoms with Gasteiger partial charge in [-0.1, -0.05) is 18.2 Å². The number of carbonyl (C=O) groups excluding carboxylic acids is 2. The minimum absolute atomic E-state index is 0.127. The standard InChI is InChI=1S/C21H17N5O4/c1-13-5-4-8-18(22-13)19-23-17-7-3-2-6-16(17)21(28)25(19)24-20(27)14-9-11-15(12-10-14)26(29)30/h2-12,19,23H,1H3,(H,24,27)/t19-/m1/s1. The number of hydrogen-bond donors (Lipinski definition) is 2. The third-order valence-corrected chi connectivity index (χ3v) is 4.68. The number of nitrogens with zero attached hydrogens (tertiary/aromatic N) is 3. The Morgan fingerprint density at radius 3 is 2.53 bits per heavy atom. The highest BCUT2D eigenvalue weighted by molar-refractivity contribution is 6.03. The monoisotopic (exact) mass is 403 g/mol. The van der Waals surface area contributed by atoms with Gasteiger partial charge in [-0.25, -0.2) is 5.01 Å². The Morgan fingerprint density at radius 2 is 1.83 bits per heavy atom. The largest absolute Gasteiger partial charge is 0.358 e. The number of hydrogen-bond acceptors (Lipinski definition) is 6. The Kier molecular flexibility index (Phi) is 4.85. The molecule has 2 aromatic carbocycles. The average molecular weight is 403 g/mol. The number of amides is 2. The molecule has 1 atom stereocenters. The van der Waals surface area contributed by atoms with Crippen LogP contribution in [0.25, 0.3) is 0 Å². The van der Waals surface area contributed by atoms with Crippen molar-refractivity contribution >= 4 is 23.2 Å². The number of pyridine rings is 1. The Hall–Kier alpha value is -4.27. The third-order valence-electron chi connectivity index (χ3n) is 4.68. The van der Waals surface area contributed by atoms with Crippen molar-refractivity contribution < 1.29 is 14.5 Å². The first-order chi connectivity index (χ1) is 14.4. The van der Waals surface area contributed by atoms with Crippen molar-refractivity contribution in [1.82, 2.24) is 15.4 Å². The molecule has 0 unspecified atom stereocenters. The Labute approximate surface area is 171 Å². The zero-order valence-electron chi connectivity index (χ0n) is 15.9. The summed E-state index contributed by atoms with van der Waals surface area (Å²) in [6, 6.07) is 17.6. The second-order valence-electron chi connectivity index (χ2n) is 6.72. The molecule has 0 saturated carbocycles. The van der Waals surface area contributed by atoms with Crippen molar-refractivity contribution in [1.29, 1.82) is 0 Å². The molecular weight excluding hydrogens is 386 g/mol. The van der Waals surface area contributed by atoms with Crippen LogP contribution in [-0.4, -0.2) is 26.7 Å². The highest BCUT2D eigenvalue weighted by Gasteiger charge is 2.35. The number of benzene rings is 2. The van der Waals surface area contributed by atoms with Crippen molar-refractivity contribution in [2.75, 3.05) is 5.32 Å². The van der Waals surface area contributed by atoms with Crippen molar-refractivity contribution in [2.45, 2.75) is 13.1 Å². The van der Waals surface area contributed by atoms with Gasteiger partial charge < -0.3 is 5.32 Å². The van der Waals surface area contributed by atoms with E-state index in [0.717, 1.165) is 5.69 Å². The molecule has 9 nitrogen and oxygen atoms in total. The zero-order chi connectivity index (χ0) is 21.3. The number of anilines is 1. The van der Waals surface area contributed by atoms with Crippen molar-refractivity contribution in [2.24, 2.45) is 0 Å². The number of carbonyl (C=O) groups is 2. The lowest BCUT2D eigenvalue weighted by Gasteiger charge is -2.37. The second-order valence-corrected chi connectivity index (χ2v) is 6.72. The van der Waals surface area contributed by atoms with Crippen LogP contribution in [0.4, 0.5) is 11.4 Å². The van der Waals surface area contributed by atoms with Gasteiger partial charge in [0.15, 0.2) is 6.17 Å². The fourth-order valence-electron chi connectivity index (χ4n) is 3.20. The Morgan fingerprint density at radius 1 is 1.10 bits per heavy atom. The summed E-state index contributed by atoms with van der Waals surface area (Å²) in [7, 11) is 0. The number of nitro benzene ring substituents is 1. The summed E-state index contributed by atoms with van der Waals surface area (Å²) in [5.74, 6) is -0.968. The smallest absolute Gasteiger partial charge is 0.276 e. The summed E-state index contributed by atoms with van der Waals surface area (Å²) in [4.78, 5) is 40.7. The van der Waals surface area contributed by atoms with E-state index in [-0.39, 0.29) is 11.3 Å². The highest BCUT2D eigenvalue weighted by Crippen LogP contribution is 2.31. The first-order valence-electron chi connectivity index (χ1n) is 9.12. The topological polar surface area (TPSA) is 117 Å². The maximum atomic E-state index is 13.1. The van der Waals surface area contributed by atoms with Crippen molar-refractivity contribution in [3.8, 4) is 0 Å². The van der Waals surface area contributed by atoms with Crippen LogP contribution < -0.4 is 10.7 Å². The lowest BCUT2D eigenvalue weighted by Crippen LogP contribution is -2.53. The van der Waals surface area contributed by atoms with E-state index in [4.69, 9.17) is 0 Å². The van der Waals surface area contributed by atoms with Gasteiger partial charge in [-0.15, -0.1) is 0 Å². The number of aryl methyl sites for hydroxylation is 1. The summed E-state index contributed by atoms with van der Waals surface area (Å²) >= 11 is 0. The SMILES string of the molecule is Cc1cccc([C@@H]2Nc3ccccc3C(=O)N2NC(=O)c2ccc([N+](=O)[O-])cc2)n1. The van der Waals surface area contributed by atoms with Gasteiger partial charge in [-0.05, 0) is 43.3 Å². The number of para-hydroxylation sites is 1. The Bertz CT molecular complexity index is 1150. The summed E-state index contributed by atoms with van der Waals surface area (Å²) in [6.07, 6.45) is -0.728. The second kappa shape index (κ2) is 7.63. The van der Waals surface area contributed by atoms with E-state index in [2.05, 4.69) is 15.7 Å². The van der Waals surface area contributed by atoms with Crippen LogP contribution in [0.15, 0.2) is 66.7 Å². The fourth-order valence-corrected chi connectivity index (χ4v) is 3.20. The van der Waals surface area contributed by atoms with E-state index in [1.165, 1.54) is 29.3 Å².